The molecule has 0 amide bonds. The fourth-order valence-electron chi connectivity index (χ4n) is 1.76. The van der Waals surface area contributed by atoms with Crippen molar-refractivity contribution in [2.45, 2.75) is 30.2 Å². The minimum absolute atomic E-state index is 0.0384. The Morgan fingerprint density at radius 3 is 2.53 bits per heavy atom. The number of aryl methyl sites for hydroxylation is 2. The van der Waals surface area contributed by atoms with E-state index in [4.69, 9.17) is 5.11 Å². The van der Waals surface area contributed by atoms with Gasteiger partial charge in [0, 0.05) is 9.79 Å². The summed E-state index contributed by atoms with van der Waals surface area (Å²) in [5, 5.41) is 18.3. The molecule has 0 unspecified atom stereocenters. The van der Waals surface area contributed by atoms with Crippen molar-refractivity contribution < 1.29 is 5.11 Å². The minimum atomic E-state index is -0.0384. The van der Waals surface area contributed by atoms with Gasteiger partial charge in [0.25, 0.3) is 0 Å². The number of aliphatic hydroxyl groups excluding tert-OH is 1. The van der Waals surface area contributed by atoms with Gasteiger partial charge in [-0.25, -0.2) is 0 Å². The Kier molecular flexibility index (Phi) is 4.26. The molecule has 0 spiro atoms. The fourth-order valence-corrected chi connectivity index (χ4v) is 2.73. The molecule has 0 saturated heterocycles. The zero-order valence-electron chi connectivity index (χ0n) is 11.0. The standard InChI is InChI=1S/C16H15NOS/c1-11-3-5-15(7-12(11)2)19-16-6-4-13(10-18)8-14(16)9-17/h3-8,18H,10H2,1-2H3. The topological polar surface area (TPSA) is 44.0 Å². The number of hydrogen-bond acceptors (Lipinski definition) is 3. The van der Waals surface area contributed by atoms with E-state index in [1.54, 1.807) is 17.8 Å². The second kappa shape index (κ2) is 5.92. The van der Waals surface area contributed by atoms with E-state index in [0.717, 1.165) is 15.4 Å². The fraction of sp³-hybridized carbons (Fsp3) is 0.188. The molecule has 2 aromatic rings. The highest BCUT2D eigenvalue weighted by atomic mass is 32.2. The summed E-state index contributed by atoms with van der Waals surface area (Å²) >= 11 is 1.58. The van der Waals surface area contributed by atoms with E-state index in [-0.39, 0.29) is 6.61 Å². The van der Waals surface area contributed by atoms with E-state index in [1.165, 1.54) is 11.1 Å². The van der Waals surface area contributed by atoms with Crippen molar-refractivity contribution in [3.05, 3.63) is 58.7 Å². The maximum atomic E-state index is 9.17. The SMILES string of the molecule is Cc1ccc(Sc2ccc(CO)cc2C#N)cc1C. The zero-order chi connectivity index (χ0) is 13.8. The summed E-state index contributed by atoms with van der Waals surface area (Å²) in [7, 11) is 0. The lowest BCUT2D eigenvalue weighted by molar-refractivity contribution is 0.281. The lowest BCUT2D eigenvalue weighted by atomic mass is 10.1. The van der Waals surface area contributed by atoms with Gasteiger partial charge in [0.2, 0.25) is 0 Å². The van der Waals surface area contributed by atoms with Crippen LogP contribution in [0.3, 0.4) is 0 Å². The third-order valence-corrected chi connectivity index (χ3v) is 4.12. The van der Waals surface area contributed by atoms with Crippen LogP contribution in [0.4, 0.5) is 0 Å². The quantitative estimate of drug-likeness (QED) is 0.921. The summed E-state index contributed by atoms with van der Waals surface area (Å²) in [6.45, 7) is 4.13. The maximum absolute atomic E-state index is 9.17. The van der Waals surface area contributed by atoms with Gasteiger partial charge in [-0.15, -0.1) is 0 Å². The van der Waals surface area contributed by atoms with Crippen molar-refractivity contribution >= 4 is 11.8 Å². The molecule has 0 radical (unpaired) electrons. The van der Waals surface area contributed by atoms with Crippen molar-refractivity contribution in [1.29, 1.82) is 5.26 Å². The van der Waals surface area contributed by atoms with Gasteiger partial charge in [-0.2, -0.15) is 5.26 Å². The van der Waals surface area contributed by atoms with E-state index in [0.29, 0.717) is 5.56 Å². The summed E-state index contributed by atoms with van der Waals surface area (Å²) in [6.07, 6.45) is 0. The minimum Gasteiger partial charge on any atom is -0.392 e. The van der Waals surface area contributed by atoms with Gasteiger partial charge in [0.15, 0.2) is 0 Å². The third kappa shape index (κ3) is 3.17. The van der Waals surface area contributed by atoms with Gasteiger partial charge < -0.3 is 5.11 Å². The lowest BCUT2D eigenvalue weighted by Crippen LogP contribution is -1.88. The van der Waals surface area contributed by atoms with E-state index < -0.39 is 0 Å². The van der Waals surface area contributed by atoms with Crippen molar-refractivity contribution in [2.75, 3.05) is 0 Å². The zero-order valence-corrected chi connectivity index (χ0v) is 11.8. The predicted octanol–water partition coefficient (Wildman–Crippen LogP) is 3.82. The number of hydrogen-bond donors (Lipinski definition) is 1. The Morgan fingerprint density at radius 1 is 1.11 bits per heavy atom. The average Bonchev–Trinajstić information content (AvgIpc) is 2.43. The van der Waals surface area contributed by atoms with E-state index in [2.05, 4.69) is 38.1 Å². The van der Waals surface area contributed by atoms with Gasteiger partial charge >= 0.3 is 0 Å². The van der Waals surface area contributed by atoms with Crippen molar-refractivity contribution in [3.8, 4) is 6.07 Å². The lowest BCUT2D eigenvalue weighted by Gasteiger charge is -2.07. The van der Waals surface area contributed by atoms with Crippen LogP contribution < -0.4 is 0 Å². The number of benzene rings is 2. The Balaban J connectivity index is 2.33. The van der Waals surface area contributed by atoms with E-state index in [1.807, 2.05) is 12.1 Å². The monoisotopic (exact) mass is 269 g/mol. The van der Waals surface area contributed by atoms with Gasteiger partial charge in [-0.1, -0.05) is 23.9 Å². The molecule has 0 aliphatic carbocycles. The summed E-state index contributed by atoms with van der Waals surface area (Å²) in [5.41, 5.74) is 3.88. The summed E-state index contributed by atoms with van der Waals surface area (Å²) in [4.78, 5) is 2.04. The van der Waals surface area contributed by atoms with Crippen LogP contribution >= 0.6 is 11.8 Å². The van der Waals surface area contributed by atoms with Crippen LogP contribution in [0.1, 0.15) is 22.3 Å². The van der Waals surface area contributed by atoms with Crippen LogP contribution in [-0.2, 0) is 6.61 Å². The maximum Gasteiger partial charge on any atom is 0.100 e. The molecule has 0 atom stereocenters. The molecule has 2 rings (SSSR count). The summed E-state index contributed by atoms with van der Waals surface area (Å²) in [5.74, 6) is 0. The third-order valence-electron chi connectivity index (χ3n) is 3.05. The van der Waals surface area contributed by atoms with E-state index in [9.17, 15) is 5.26 Å². The first-order chi connectivity index (χ1) is 9.13. The smallest absolute Gasteiger partial charge is 0.100 e. The predicted molar refractivity (Wildman–Crippen MR) is 77.1 cm³/mol. The van der Waals surface area contributed by atoms with Crippen LogP contribution in [-0.4, -0.2) is 5.11 Å². The molecule has 19 heavy (non-hydrogen) atoms. The first-order valence-corrected chi connectivity index (χ1v) is 6.84. The molecule has 0 aliphatic rings. The molecule has 0 aromatic heterocycles. The van der Waals surface area contributed by atoms with Crippen LogP contribution in [0.5, 0.6) is 0 Å². The molecule has 3 heteroatoms. The molecule has 2 aromatic carbocycles. The molecule has 2 nitrogen and oxygen atoms in total. The van der Waals surface area contributed by atoms with Gasteiger partial charge in [-0.3, -0.25) is 0 Å². The van der Waals surface area contributed by atoms with Crippen molar-refractivity contribution in [2.24, 2.45) is 0 Å². The van der Waals surface area contributed by atoms with Crippen LogP contribution in [0.2, 0.25) is 0 Å². The molecule has 0 aliphatic heterocycles. The molecule has 0 saturated carbocycles. The van der Waals surface area contributed by atoms with Crippen molar-refractivity contribution in [1.82, 2.24) is 0 Å². The Labute approximate surface area is 117 Å². The molecule has 0 heterocycles. The number of nitrogens with zero attached hydrogens (tertiary/aromatic N) is 1. The number of aliphatic hydroxyl groups is 1. The number of rotatable bonds is 3. The summed E-state index contributed by atoms with van der Waals surface area (Å²) in [6, 6.07) is 13.9. The molecule has 0 bridgehead atoms. The largest absolute Gasteiger partial charge is 0.392 e. The van der Waals surface area contributed by atoms with Gasteiger partial charge in [0.05, 0.1) is 12.2 Å². The van der Waals surface area contributed by atoms with Crippen LogP contribution in [0, 0.1) is 25.2 Å². The summed E-state index contributed by atoms with van der Waals surface area (Å²) < 4.78 is 0. The molecule has 96 valence electrons. The Morgan fingerprint density at radius 2 is 1.89 bits per heavy atom. The van der Waals surface area contributed by atoms with Gasteiger partial charge in [-0.05, 0) is 54.8 Å². The molecular weight excluding hydrogens is 254 g/mol. The highest BCUT2D eigenvalue weighted by Crippen LogP contribution is 2.31. The van der Waals surface area contributed by atoms with Crippen LogP contribution in [0.15, 0.2) is 46.2 Å². The second-order valence-electron chi connectivity index (χ2n) is 4.45. The first-order valence-electron chi connectivity index (χ1n) is 6.03. The highest BCUT2D eigenvalue weighted by Gasteiger charge is 2.06. The molecule has 0 fully saturated rings. The van der Waals surface area contributed by atoms with Crippen LogP contribution in [0.25, 0.3) is 0 Å². The highest BCUT2D eigenvalue weighted by molar-refractivity contribution is 7.99. The van der Waals surface area contributed by atoms with E-state index >= 15 is 0 Å². The second-order valence-corrected chi connectivity index (χ2v) is 5.56. The first kappa shape index (κ1) is 13.7. The average molecular weight is 269 g/mol. The molecule has 1 N–H and O–H groups in total. The van der Waals surface area contributed by atoms with Crippen molar-refractivity contribution in [3.63, 3.8) is 0 Å². The van der Waals surface area contributed by atoms with Gasteiger partial charge in [0.1, 0.15) is 6.07 Å². The number of nitriles is 1. The Bertz CT molecular complexity index is 644. The normalized spacial score (nSPS) is 10.2. The molecular formula is C16H15NOS. The Hall–Kier alpha value is -1.76.